The molecule has 3 fully saturated rings. The lowest BCUT2D eigenvalue weighted by Crippen LogP contribution is -2.53. The van der Waals surface area contributed by atoms with Crippen LogP contribution in [0.4, 0.5) is 0 Å². The fraction of sp³-hybridized carbons (Fsp3) is 0.941. The average Bonchev–Trinajstić information content (AvgIpc) is 3.18. The van der Waals surface area contributed by atoms with E-state index in [1.165, 1.54) is 58.3 Å². The van der Waals surface area contributed by atoms with Crippen LogP contribution >= 0.6 is 0 Å². The third-order valence-corrected chi connectivity index (χ3v) is 5.92. The molecule has 3 rings (SSSR count). The van der Waals surface area contributed by atoms with E-state index in [4.69, 9.17) is 0 Å². The highest BCUT2D eigenvalue weighted by Gasteiger charge is 2.41. The average molecular weight is 290 g/mol. The van der Waals surface area contributed by atoms with E-state index in [2.05, 4.69) is 28.1 Å². The second-order valence-corrected chi connectivity index (χ2v) is 7.13. The molecule has 0 radical (unpaired) electrons. The fourth-order valence-electron chi connectivity index (χ4n) is 4.71. The van der Waals surface area contributed by atoms with Crippen LogP contribution in [-0.2, 0) is 0 Å². The van der Waals surface area contributed by atoms with Gasteiger partial charge in [-0.2, -0.15) is 5.26 Å². The maximum absolute atomic E-state index is 9.51. The Morgan fingerprint density at radius 1 is 1.05 bits per heavy atom. The van der Waals surface area contributed by atoms with Crippen LogP contribution in [0.25, 0.3) is 0 Å². The first-order valence-electron chi connectivity index (χ1n) is 8.91. The largest absolute Gasteiger partial charge is 0.300 e. The van der Waals surface area contributed by atoms with Gasteiger partial charge in [0, 0.05) is 38.3 Å². The Morgan fingerprint density at radius 3 is 2.24 bits per heavy atom. The number of nitrogens with one attached hydrogen (secondary N) is 1. The summed E-state index contributed by atoms with van der Waals surface area (Å²) in [5.41, 5.74) is -0.248. The Labute approximate surface area is 129 Å². The first-order valence-corrected chi connectivity index (χ1v) is 8.91. The van der Waals surface area contributed by atoms with Crippen molar-refractivity contribution >= 4 is 0 Å². The topological polar surface area (TPSA) is 42.3 Å². The molecule has 4 nitrogen and oxygen atoms in total. The van der Waals surface area contributed by atoms with E-state index in [-0.39, 0.29) is 5.54 Å². The molecular weight excluding hydrogens is 260 g/mol. The first-order chi connectivity index (χ1) is 10.3. The molecule has 1 saturated heterocycles. The predicted octanol–water partition coefficient (Wildman–Crippen LogP) is 1.97. The number of rotatable bonds is 4. The Kier molecular flexibility index (Phi) is 4.83. The summed E-state index contributed by atoms with van der Waals surface area (Å²) in [6, 6.07) is 4.04. The van der Waals surface area contributed by atoms with Crippen LogP contribution in [0.5, 0.6) is 0 Å². The minimum absolute atomic E-state index is 0.248. The van der Waals surface area contributed by atoms with Crippen molar-refractivity contribution in [2.75, 3.05) is 32.7 Å². The Hall–Kier alpha value is -0.630. The van der Waals surface area contributed by atoms with E-state index in [1.54, 1.807) is 0 Å². The molecule has 2 unspecified atom stereocenters. The maximum atomic E-state index is 9.51. The highest BCUT2D eigenvalue weighted by atomic mass is 15.3. The molecule has 21 heavy (non-hydrogen) atoms. The molecule has 0 amide bonds. The molecule has 1 N–H and O–H groups in total. The molecule has 4 heteroatoms. The molecule has 0 bridgehead atoms. The van der Waals surface area contributed by atoms with Gasteiger partial charge in [0.2, 0.25) is 0 Å². The smallest absolute Gasteiger partial charge is 0.108 e. The van der Waals surface area contributed by atoms with Crippen LogP contribution < -0.4 is 5.32 Å². The summed E-state index contributed by atoms with van der Waals surface area (Å²) < 4.78 is 0. The summed E-state index contributed by atoms with van der Waals surface area (Å²) in [6.45, 7) is 7.88. The lowest BCUT2D eigenvalue weighted by atomic mass is 9.99. The van der Waals surface area contributed by atoms with Gasteiger partial charge in [-0.1, -0.05) is 19.8 Å². The van der Waals surface area contributed by atoms with Gasteiger partial charge >= 0.3 is 0 Å². The number of piperazine rings is 1. The summed E-state index contributed by atoms with van der Waals surface area (Å²) in [7, 11) is 0. The van der Waals surface area contributed by atoms with Gasteiger partial charge in [0.1, 0.15) is 5.54 Å². The van der Waals surface area contributed by atoms with Crippen LogP contribution in [0, 0.1) is 11.3 Å². The van der Waals surface area contributed by atoms with Crippen molar-refractivity contribution in [1.82, 2.24) is 15.1 Å². The van der Waals surface area contributed by atoms with E-state index >= 15 is 0 Å². The second-order valence-electron chi connectivity index (χ2n) is 7.13. The lowest BCUT2D eigenvalue weighted by Gasteiger charge is -2.41. The van der Waals surface area contributed by atoms with E-state index in [0.717, 1.165) is 25.4 Å². The van der Waals surface area contributed by atoms with E-state index < -0.39 is 0 Å². The number of hydrogen-bond acceptors (Lipinski definition) is 4. The van der Waals surface area contributed by atoms with E-state index in [9.17, 15) is 5.26 Å². The first kappa shape index (κ1) is 15.3. The van der Waals surface area contributed by atoms with Crippen LogP contribution in [-0.4, -0.2) is 60.1 Å². The summed E-state index contributed by atoms with van der Waals surface area (Å²) in [5, 5.41) is 12.9. The van der Waals surface area contributed by atoms with Gasteiger partial charge in [-0.05, 0) is 38.6 Å². The molecule has 0 aromatic rings. The summed E-state index contributed by atoms with van der Waals surface area (Å²) in [4.78, 5) is 5.38. The zero-order valence-corrected chi connectivity index (χ0v) is 13.5. The molecule has 1 heterocycles. The zero-order chi connectivity index (χ0) is 14.7. The monoisotopic (exact) mass is 290 g/mol. The number of nitriles is 1. The molecule has 2 aliphatic carbocycles. The van der Waals surface area contributed by atoms with Gasteiger partial charge in [0.25, 0.3) is 0 Å². The standard InChI is InChI=1S/C17H30N4/c1-2-19-17(14-18)8-7-16(13-17)21-11-9-20(10-12-21)15-5-3-4-6-15/h15-16,19H,2-13H2,1H3. The number of nitrogens with zero attached hydrogens (tertiary/aromatic N) is 3. The van der Waals surface area contributed by atoms with Crippen molar-refractivity contribution < 1.29 is 0 Å². The number of hydrogen-bond donors (Lipinski definition) is 1. The normalized spacial score (nSPS) is 36.1. The molecule has 3 aliphatic rings. The van der Waals surface area contributed by atoms with Crippen molar-refractivity contribution in [3.63, 3.8) is 0 Å². The van der Waals surface area contributed by atoms with Gasteiger partial charge in [0.15, 0.2) is 0 Å². The Bertz CT molecular complexity index is 377. The van der Waals surface area contributed by atoms with Crippen molar-refractivity contribution in [1.29, 1.82) is 5.26 Å². The summed E-state index contributed by atoms with van der Waals surface area (Å²) in [6.07, 6.45) is 8.92. The molecular formula is C17H30N4. The minimum Gasteiger partial charge on any atom is -0.300 e. The van der Waals surface area contributed by atoms with Crippen LogP contribution in [0.3, 0.4) is 0 Å². The van der Waals surface area contributed by atoms with Crippen molar-refractivity contribution in [2.24, 2.45) is 0 Å². The van der Waals surface area contributed by atoms with E-state index in [0.29, 0.717) is 6.04 Å². The van der Waals surface area contributed by atoms with Crippen molar-refractivity contribution in [3.8, 4) is 6.07 Å². The minimum atomic E-state index is -0.248. The summed E-state index contributed by atoms with van der Waals surface area (Å²) in [5.74, 6) is 0. The molecule has 0 aromatic carbocycles. The lowest BCUT2D eigenvalue weighted by molar-refractivity contribution is 0.0704. The van der Waals surface area contributed by atoms with Crippen LogP contribution in [0.1, 0.15) is 51.9 Å². The SMILES string of the molecule is CCNC1(C#N)CCC(N2CCN(C3CCCC3)CC2)C1. The molecule has 2 saturated carbocycles. The van der Waals surface area contributed by atoms with Gasteiger partial charge in [-0.3, -0.25) is 15.1 Å². The summed E-state index contributed by atoms with van der Waals surface area (Å²) >= 11 is 0. The Balaban J connectivity index is 1.50. The molecule has 2 atom stereocenters. The Morgan fingerprint density at radius 2 is 1.67 bits per heavy atom. The maximum Gasteiger partial charge on any atom is 0.108 e. The van der Waals surface area contributed by atoms with E-state index in [1.807, 2.05) is 0 Å². The third-order valence-electron chi connectivity index (χ3n) is 5.92. The molecule has 1 aliphatic heterocycles. The van der Waals surface area contributed by atoms with Gasteiger partial charge in [-0.15, -0.1) is 0 Å². The van der Waals surface area contributed by atoms with Crippen LogP contribution in [0.2, 0.25) is 0 Å². The van der Waals surface area contributed by atoms with Gasteiger partial charge < -0.3 is 0 Å². The quantitative estimate of drug-likeness (QED) is 0.859. The zero-order valence-electron chi connectivity index (χ0n) is 13.5. The molecule has 0 spiro atoms. The predicted molar refractivity (Wildman–Crippen MR) is 85.1 cm³/mol. The van der Waals surface area contributed by atoms with Gasteiger partial charge in [-0.25, -0.2) is 0 Å². The van der Waals surface area contributed by atoms with Crippen LogP contribution in [0.15, 0.2) is 0 Å². The van der Waals surface area contributed by atoms with Gasteiger partial charge in [0.05, 0.1) is 6.07 Å². The highest BCUT2D eigenvalue weighted by Crippen LogP contribution is 2.33. The molecule has 118 valence electrons. The second kappa shape index (κ2) is 6.64. The van der Waals surface area contributed by atoms with Crippen molar-refractivity contribution in [2.45, 2.75) is 69.5 Å². The third kappa shape index (κ3) is 3.26. The highest BCUT2D eigenvalue weighted by molar-refractivity contribution is 5.13. The van der Waals surface area contributed by atoms with Crippen molar-refractivity contribution in [3.05, 3.63) is 0 Å². The fourth-order valence-corrected chi connectivity index (χ4v) is 4.71. The molecule has 0 aromatic heterocycles.